The van der Waals surface area contributed by atoms with E-state index in [1.165, 1.54) is 39.0 Å². The van der Waals surface area contributed by atoms with Gasteiger partial charge in [-0.25, -0.2) is 0 Å². The van der Waals surface area contributed by atoms with Crippen molar-refractivity contribution >= 4 is 37.9 Å². The summed E-state index contributed by atoms with van der Waals surface area (Å²) in [5.74, 6) is 0.748. The third kappa shape index (κ3) is 2.61. The van der Waals surface area contributed by atoms with Crippen molar-refractivity contribution in [3.63, 3.8) is 0 Å². The lowest BCUT2D eigenvalue weighted by molar-refractivity contribution is 0.278. The molecule has 28 heavy (non-hydrogen) atoms. The van der Waals surface area contributed by atoms with E-state index in [1.807, 2.05) is 0 Å². The predicted molar refractivity (Wildman–Crippen MR) is 126 cm³/mol. The van der Waals surface area contributed by atoms with Crippen LogP contribution in [0.15, 0.2) is 75.2 Å². The molecule has 0 fully saturated rings. The fourth-order valence-electron chi connectivity index (χ4n) is 5.64. The zero-order valence-electron chi connectivity index (χ0n) is 16.3. The van der Waals surface area contributed by atoms with Gasteiger partial charge in [0.1, 0.15) is 0 Å². The summed E-state index contributed by atoms with van der Waals surface area (Å²) in [6, 6.07) is 22.4. The summed E-state index contributed by atoms with van der Waals surface area (Å²) in [6.07, 6.45) is 2.38. The van der Waals surface area contributed by atoms with E-state index < -0.39 is 0 Å². The number of hydrogen-bond acceptors (Lipinski definition) is 0. The molecular formula is C26H22Br2. The Morgan fingerprint density at radius 3 is 1.89 bits per heavy atom. The highest BCUT2D eigenvalue weighted by molar-refractivity contribution is 9.10. The van der Waals surface area contributed by atoms with Crippen molar-refractivity contribution in [2.24, 2.45) is 5.41 Å². The topological polar surface area (TPSA) is 0 Å². The van der Waals surface area contributed by atoms with Crippen LogP contribution in [0.4, 0.5) is 0 Å². The Morgan fingerprint density at radius 2 is 1.29 bits per heavy atom. The van der Waals surface area contributed by atoms with Crippen molar-refractivity contribution in [3.05, 3.63) is 97.4 Å². The van der Waals surface area contributed by atoms with Crippen molar-refractivity contribution in [2.45, 2.75) is 32.6 Å². The standard InChI is InChI=1S/C26H22Br2/c1-15-12-16-6-4-5-7-19(16)24(15)26(2,3)25-22-13-17(27)8-10-20(22)21-11-9-18(28)14-23(21)25/h4-14,24-25H,1-3H3. The Morgan fingerprint density at radius 1 is 0.714 bits per heavy atom. The first-order chi connectivity index (χ1) is 13.4. The van der Waals surface area contributed by atoms with E-state index in [1.54, 1.807) is 0 Å². The maximum atomic E-state index is 3.72. The summed E-state index contributed by atoms with van der Waals surface area (Å²) in [7, 11) is 0. The van der Waals surface area contributed by atoms with Crippen LogP contribution >= 0.6 is 31.9 Å². The van der Waals surface area contributed by atoms with Gasteiger partial charge in [0, 0.05) is 20.8 Å². The number of halogens is 2. The number of rotatable bonds is 2. The van der Waals surface area contributed by atoms with E-state index in [0.29, 0.717) is 11.8 Å². The fraction of sp³-hybridized carbons (Fsp3) is 0.231. The fourth-order valence-corrected chi connectivity index (χ4v) is 6.40. The Balaban J connectivity index is 1.74. The molecule has 2 aliphatic carbocycles. The second-order valence-corrected chi connectivity index (χ2v) is 10.5. The maximum absolute atomic E-state index is 3.72. The molecule has 1 atom stereocenters. The average Bonchev–Trinajstić information content (AvgIpc) is 3.14. The number of benzene rings is 3. The second-order valence-electron chi connectivity index (χ2n) is 8.67. The van der Waals surface area contributed by atoms with Gasteiger partial charge in [-0.15, -0.1) is 0 Å². The lowest BCUT2D eigenvalue weighted by atomic mass is 9.63. The van der Waals surface area contributed by atoms with Crippen LogP contribution in [0.3, 0.4) is 0 Å². The van der Waals surface area contributed by atoms with Gasteiger partial charge in [0.05, 0.1) is 0 Å². The molecule has 2 heteroatoms. The molecule has 3 aromatic rings. The van der Waals surface area contributed by atoms with Crippen LogP contribution in [0.25, 0.3) is 17.2 Å². The smallest absolute Gasteiger partial charge is 0.0178 e. The first-order valence-electron chi connectivity index (χ1n) is 9.74. The first kappa shape index (κ1) is 18.4. The third-order valence-corrected chi connectivity index (χ3v) is 7.56. The van der Waals surface area contributed by atoms with Crippen LogP contribution in [0.5, 0.6) is 0 Å². The van der Waals surface area contributed by atoms with Gasteiger partial charge in [-0.2, -0.15) is 0 Å². The van der Waals surface area contributed by atoms with Crippen molar-refractivity contribution in [3.8, 4) is 11.1 Å². The molecule has 0 bridgehead atoms. The van der Waals surface area contributed by atoms with Gasteiger partial charge in [-0.1, -0.05) is 93.8 Å². The summed E-state index contributed by atoms with van der Waals surface area (Å²) in [5.41, 5.74) is 9.95. The normalized spacial score (nSPS) is 17.9. The van der Waals surface area contributed by atoms with E-state index in [-0.39, 0.29) is 5.41 Å². The molecule has 0 aromatic heterocycles. The summed E-state index contributed by atoms with van der Waals surface area (Å²) < 4.78 is 2.30. The highest BCUT2D eigenvalue weighted by atomic mass is 79.9. The molecule has 3 aromatic carbocycles. The molecule has 0 saturated heterocycles. The molecule has 0 aliphatic heterocycles. The Hall–Kier alpha value is -1.64. The highest BCUT2D eigenvalue weighted by Crippen LogP contribution is 2.60. The minimum Gasteiger partial charge on any atom is -0.0646 e. The number of allylic oxidation sites excluding steroid dienone is 1. The summed E-state index contributed by atoms with van der Waals surface area (Å²) in [6.45, 7) is 7.19. The molecule has 0 spiro atoms. The molecule has 0 nitrogen and oxygen atoms in total. The molecule has 0 heterocycles. The Kier molecular flexibility index (Phi) is 4.23. The van der Waals surface area contributed by atoms with Crippen LogP contribution in [0.1, 0.15) is 54.9 Å². The van der Waals surface area contributed by atoms with Gasteiger partial charge < -0.3 is 0 Å². The van der Waals surface area contributed by atoms with E-state index in [0.717, 1.165) is 8.95 Å². The molecule has 1 unspecified atom stereocenters. The minimum atomic E-state index is 0.0365. The van der Waals surface area contributed by atoms with Crippen LogP contribution in [-0.4, -0.2) is 0 Å². The summed E-state index contributed by atoms with van der Waals surface area (Å²) in [4.78, 5) is 0. The molecule has 140 valence electrons. The van der Waals surface area contributed by atoms with Crippen LogP contribution in [0, 0.1) is 5.41 Å². The zero-order valence-corrected chi connectivity index (χ0v) is 19.4. The second kappa shape index (κ2) is 6.43. The summed E-state index contributed by atoms with van der Waals surface area (Å²) in [5, 5.41) is 0. The lowest BCUT2D eigenvalue weighted by Crippen LogP contribution is -2.29. The van der Waals surface area contributed by atoms with Gasteiger partial charge in [0.25, 0.3) is 0 Å². The van der Waals surface area contributed by atoms with E-state index >= 15 is 0 Å². The van der Waals surface area contributed by atoms with Gasteiger partial charge in [0.15, 0.2) is 0 Å². The molecule has 0 radical (unpaired) electrons. The Bertz CT molecular complexity index is 1090. The van der Waals surface area contributed by atoms with Gasteiger partial charge >= 0.3 is 0 Å². The zero-order chi connectivity index (χ0) is 19.6. The van der Waals surface area contributed by atoms with Gasteiger partial charge in [-0.3, -0.25) is 0 Å². The van der Waals surface area contributed by atoms with Gasteiger partial charge in [0.2, 0.25) is 0 Å². The Labute approximate surface area is 183 Å². The largest absolute Gasteiger partial charge is 0.0646 e. The van der Waals surface area contributed by atoms with E-state index in [4.69, 9.17) is 0 Å². The van der Waals surface area contributed by atoms with Gasteiger partial charge in [-0.05, 0) is 70.0 Å². The molecular weight excluding hydrogens is 472 g/mol. The maximum Gasteiger partial charge on any atom is 0.0178 e. The van der Waals surface area contributed by atoms with Crippen molar-refractivity contribution in [2.75, 3.05) is 0 Å². The third-order valence-electron chi connectivity index (χ3n) is 6.57. The molecule has 2 aliphatic rings. The molecule has 5 rings (SSSR count). The molecule has 0 N–H and O–H groups in total. The molecule has 0 saturated carbocycles. The predicted octanol–water partition coefficient (Wildman–Crippen LogP) is 8.55. The van der Waals surface area contributed by atoms with Crippen LogP contribution in [-0.2, 0) is 0 Å². The minimum absolute atomic E-state index is 0.0365. The first-order valence-corrected chi connectivity index (χ1v) is 11.3. The van der Waals surface area contributed by atoms with Crippen molar-refractivity contribution in [1.82, 2.24) is 0 Å². The number of hydrogen-bond donors (Lipinski definition) is 0. The van der Waals surface area contributed by atoms with Crippen molar-refractivity contribution in [1.29, 1.82) is 0 Å². The molecule has 0 amide bonds. The van der Waals surface area contributed by atoms with E-state index in [9.17, 15) is 0 Å². The van der Waals surface area contributed by atoms with Crippen molar-refractivity contribution < 1.29 is 0 Å². The SMILES string of the molecule is CC1=Cc2ccccc2C1C(C)(C)C1c2cc(Br)ccc2-c2ccc(Br)cc21. The monoisotopic (exact) mass is 492 g/mol. The van der Waals surface area contributed by atoms with Crippen LogP contribution < -0.4 is 0 Å². The highest BCUT2D eigenvalue weighted by Gasteiger charge is 2.46. The number of fused-ring (bicyclic) bond motifs is 4. The van der Waals surface area contributed by atoms with Crippen LogP contribution in [0.2, 0.25) is 0 Å². The summed E-state index contributed by atoms with van der Waals surface area (Å²) >= 11 is 7.44. The quantitative estimate of drug-likeness (QED) is 0.335. The average molecular weight is 494 g/mol. The van der Waals surface area contributed by atoms with E-state index in [2.05, 4.69) is 119 Å². The lowest BCUT2D eigenvalue weighted by Gasteiger charge is -2.40.